The second kappa shape index (κ2) is 6.47. The Kier molecular flexibility index (Phi) is 4.98. The van der Waals surface area contributed by atoms with Crippen LogP contribution in [0.25, 0.3) is 11.3 Å². The Labute approximate surface area is 142 Å². The smallest absolute Gasteiger partial charge is 0.201 e. The minimum Gasteiger partial charge on any atom is -0.201 e. The maximum atomic E-state index is 2.42. The molecule has 1 heterocycles. The number of nitrogens with zero attached hydrogens (tertiary/aromatic N) is 1. The lowest BCUT2D eigenvalue weighted by Gasteiger charge is -2.30. The maximum absolute atomic E-state index is 2.42. The average molecular weight is 311 g/mol. The molecule has 1 nitrogen and oxygen atoms in total. The van der Waals surface area contributed by atoms with E-state index < -0.39 is 0 Å². The van der Waals surface area contributed by atoms with E-state index in [9.17, 15) is 0 Å². The third kappa shape index (κ3) is 3.83. The number of hydrogen-bond donors (Lipinski definition) is 0. The first-order valence-corrected chi connectivity index (χ1v) is 8.68. The number of aryl methyl sites for hydroxylation is 4. The van der Waals surface area contributed by atoms with Crippen LogP contribution in [-0.2, 0) is 13.5 Å². The predicted molar refractivity (Wildman–Crippen MR) is 99.6 cm³/mol. The van der Waals surface area contributed by atoms with Gasteiger partial charge in [0.25, 0.3) is 0 Å². The van der Waals surface area contributed by atoms with E-state index in [1.807, 2.05) is 0 Å². The molecule has 0 aliphatic heterocycles. The highest BCUT2D eigenvalue weighted by Gasteiger charge is 2.24. The molecule has 0 spiro atoms. The number of benzene rings is 1. The number of aromatic nitrogens is 1. The third-order valence-electron chi connectivity index (χ3n) is 5.45. The molecular formula is C22H32N+. The monoisotopic (exact) mass is 310 g/mol. The molecule has 0 saturated heterocycles. The molecule has 0 fully saturated rings. The van der Waals surface area contributed by atoms with Crippen LogP contribution in [0.1, 0.15) is 49.9 Å². The van der Waals surface area contributed by atoms with Crippen molar-refractivity contribution in [2.45, 2.75) is 54.9 Å². The molecule has 0 atom stereocenters. The summed E-state index contributed by atoms with van der Waals surface area (Å²) in [7, 11) is 2.14. The van der Waals surface area contributed by atoms with Crippen molar-refractivity contribution in [2.24, 2.45) is 18.4 Å². The lowest BCUT2D eigenvalue weighted by atomic mass is 9.75. The van der Waals surface area contributed by atoms with Crippen LogP contribution in [0.4, 0.5) is 0 Å². The van der Waals surface area contributed by atoms with Gasteiger partial charge in [-0.3, -0.25) is 0 Å². The van der Waals surface area contributed by atoms with Gasteiger partial charge in [-0.15, -0.1) is 0 Å². The Morgan fingerprint density at radius 3 is 2.22 bits per heavy atom. The zero-order chi connectivity index (χ0) is 17.4. The van der Waals surface area contributed by atoms with Gasteiger partial charge in [-0.1, -0.05) is 33.8 Å². The molecule has 0 aliphatic rings. The van der Waals surface area contributed by atoms with Crippen LogP contribution in [0.3, 0.4) is 0 Å². The van der Waals surface area contributed by atoms with Crippen LogP contribution < -0.4 is 4.57 Å². The summed E-state index contributed by atoms with van der Waals surface area (Å²) >= 11 is 0. The molecule has 0 radical (unpaired) electrons. The molecule has 23 heavy (non-hydrogen) atoms. The highest BCUT2D eigenvalue weighted by Crippen LogP contribution is 2.33. The molecule has 1 heteroatoms. The van der Waals surface area contributed by atoms with Crippen molar-refractivity contribution in [3.63, 3.8) is 0 Å². The van der Waals surface area contributed by atoms with Gasteiger partial charge < -0.3 is 0 Å². The average Bonchev–Trinajstić information content (AvgIpc) is 2.42. The van der Waals surface area contributed by atoms with Gasteiger partial charge in [-0.05, 0) is 67.3 Å². The normalized spacial score (nSPS) is 12.0. The molecule has 0 bridgehead atoms. The molecule has 0 unspecified atom stereocenters. The fraction of sp³-hybridized carbons (Fsp3) is 0.500. The summed E-state index contributed by atoms with van der Waals surface area (Å²) in [5.74, 6) is 0.669. The summed E-state index contributed by atoms with van der Waals surface area (Å²) in [6.07, 6.45) is 3.33. The van der Waals surface area contributed by atoms with E-state index in [-0.39, 0.29) is 0 Å². The minimum absolute atomic E-state index is 0.312. The zero-order valence-electron chi connectivity index (χ0n) is 16.1. The lowest BCUT2D eigenvalue weighted by Crippen LogP contribution is -2.31. The van der Waals surface area contributed by atoms with Crippen molar-refractivity contribution in [3.05, 3.63) is 52.7 Å². The van der Waals surface area contributed by atoms with E-state index in [0.29, 0.717) is 11.3 Å². The molecule has 2 aromatic rings. The highest BCUT2D eigenvalue weighted by atomic mass is 14.9. The summed E-state index contributed by atoms with van der Waals surface area (Å²) in [6.45, 7) is 16.0. The van der Waals surface area contributed by atoms with Crippen molar-refractivity contribution in [1.82, 2.24) is 0 Å². The summed E-state index contributed by atoms with van der Waals surface area (Å²) in [6, 6.07) is 9.21. The van der Waals surface area contributed by atoms with Gasteiger partial charge in [-0.2, -0.15) is 0 Å². The van der Waals surface area contributed by atoms with Gasteiger partial charge in [0, 0.05) is 17.2 Å². The second-order valence-corrected chi connectivity index (χ2v) is 8.12. The van der Waals surface area contributed by atoms with Crippen molar-refractivity contribution in [3.8, 4) is 11.3 Å². The van der Waals surface area contributed by atoms with E-state index in [1.165, 1.54) is 33.5 Å². The van der Waals surface area contributed by atoms with Crippen molar-refractivity contribution in [1.29, 1.82) is 0 Å². The largest absolute Gasteiger partial charge is 0.212 e. The fourth-order valence-electron chi connectivity index (χ4n) is 3.08. The van der Waals surface area contributed by atoms with Crippen LogP contribution in [0.2, 0.25) is 0 Å². The van der Waals surface area contributed by atoms with Gasteiger partial charge in [0.15, 0.2) is 6.20 Å². The summed E-state index contributed by atoms with van der Waals surface area (Å²) in [5, 5.41) is 0. The van der Waals surface area contributed by atoms with Gasteiger partial charge in [-0.25, -0.2) is 4.57 Å². The Balaban J connectivity index is 2.52. The van der Waals surface area contributed by atoms with Crippen LogP contribution >= 0.6 is 0 Å². The number of hydrogen-bond acceptors (Lipinski definition) is 0. The topological polar surface area (TPSA) is 3.88 Å². The Morgan fingerprint density at radius 1 is 1.00 bits per heavy atom. The van der Waals surface area contributed by atoms with Crippen LogP contribution in [-0.4, -0.2) is 0 Å². The van der Waals surface area contributed by atoms with Gasteiger partial charge in [0.2, 0.25) is 5.69 Å². The SMILES string of the molecule is Cc1ccc(-c2cc(CC(C)(C)C(C)C)c(C)cc2C)[n+](C)c1. The van der Waals surface area contributed by atoms with Gasteiger partial charge >= 0.3 is 0 Å². The summed E-state index contributed by atoms with van der Waals surface area (Å²) in [5.41, 5.74) is 8.49. The van der Waals surface area contributed by atoms with Crippen LogP contribution in [0.5, 0.6) is 0 Å². The van der Waals surface area contributed by atoms with Crippen molar-refractivity contribution < 1.29 is 4.57 Å². The van der Waals surface area contributed by atoms with Crippen molar-refractivity contribution >= 4 is 0 Å². The summed E-state index contributed by atoms with van der Waals surface area (Å²) < 4.78 is 2.24. The second-order valence-electron chi connectivity index (χ2n) is 8.12. The Hall–Kier alpha value is -1.63. The standard InChI is InChI=1S/C22H32N/c1-15(2)22(6,7)13-19-12-20(18(5)11-17(19)4)21-10-9-16(3)14-23(21)8/h9-12,14-15H,13H2,1-8H3/q+1. The van der Waals surface area contributed by atoms with E-state index in [4.69, 9.17) is 0 Å². The van der Waals surface area contributed by atoms with E-state index in [2.05, 4.69) is 90.5 Å². The zero-order valence-corrected chi connectivity index (χ0v) is 16.1. The van der Waals surface area contributed by atoms with Crippen LogP contribution in [0.15, 0.2) is 30.5 Å². The van der Waals surface area contributed by atoms with E-state index in [0.717, 1.165) is 6.42 Å². The van der Waals surface area contributed by atoms with E-state index >= 15 is 0 Å². The highest BCUT2D eigenvalue weighted by molar-refractivity contribution is 5.63. The third-order valence-corrected chi connectivity index (χ3v) is 5.45. The van der Waals surface area contributed by atoms with Crippen molar-refractivity contribution in [2.75, 3.05) is 0 Å². The molecule has 124 valence electrons. The molecule has 0 amide bonds. The fourth-order valence-corrected chi connectivity index (χ4v) is 3.08. The maximum Gasteiger partial charge on any atom is 0.212 e. The molecule has 0 N–H and O–H groups in total. The first-order chi connectivity index (χ1) is 10.6. The molecule has 1 aromatic carbocycles. The molecule has 2 rings (SSSR count). The number of pyridine rings is 1. The van der Waals surface area contributed by atoms with E-state index in [1.54, 1.807) is 0 Å². The lowest BCUT2D eigenvalue weighted by molar-refractivity contribution is -0.660. The van der Waals surface area contributed by atoms with Crippen LogP contribution in [0, 0.1) is 32.1 Å². The Morgan fingerprint density at radius 2 is 1.65 bits per heavy atom. The number of rotatable bonds is 4. The molecular weight excluding hydrogens is 278 g/mol. The van der Waals surface area contributed by atoms with Gasteiger partial charge in [0.1, 0.15) is 7.05 Å². The first kappa shape index (κ1) is 17.7. The molecule has 0 aliphatic carbocycles. The Bertz CT molecular complexity index is 708. The predicted octanol–water partition coefficient (Wildman–Crippen LogP) is 5.33. The molecule has 1 aromatic heterocycles. The first-order valence-electron chi connectivity index (χ1n) is 8.68. The van der Waals surface area contributed by atoms with Gasteiger partial charge in [0.05, 0.1) is 0 Å². The quantitative estimate of drug-likeness (QED) is 0.672. The minimum atomic E-state index is 0.312. The summed E-state index contributed by atoms with van der Waals surface area (Å²) in [4.78, 5) is 0. The molecule has 0 saturated carbocycles.